The Morgan fingerprint density at radius 2 is 2.38 bits per heavy atom. The first kappa shape index (κ1) is 16.9. The van der Waals surface area contributed by atoms with Gasteiger partial charge in [0.2, 0.25) is 11.9 Å². The molecule has 3 heterocycles. The number of methoxy groups -OCH3 is 1. The Morgan fingerprint density at radius 1 is 1.50 bits per heavy atom. The van der Waals surface area contributed by atoms with Crippen molar-refractivity contribution in [1.82, 2.24) is 15.3 Å². The highest BCUT2D eigenvalue weighted by Crippen LogP contribution is 2.17. The van der Waals surface area contributed by atoms with Gasteiger partial charge in [0, 0.05) is 38.9 Å². The van der Waals surface area contributed by atoms with Crippen LogP contribution in [0.5, 0.6) is 0 Å². The van der Waals surface area contributed by atoms with Gasteiger partial charge in [-0.2, -0.15) is 0 Å². The summed E-state index contributed by atoms with van der Waals surface area (Å²) in [6.45, 7) is 2.31. The molecular formula is C16H24N4O4. The predicted octanol–water partition coefficient (Wildman–Crippen LogP) is 0.180. The Morgan fingerprint density at radius 3 is 3.12 bits per heavy atom. The van der Waals surface area contributed by atoms with Gasteiger partial charge in [-0.05, 0) is 25.7 Å². The molecule has 0 saturated carbocycles. The van der Waals surface area contributed by atoms with E-state index >= 15 is 0 Å². The zero-order valence-corrected chi connectivity index (χ0v) is 13.9. The van der Waals surface area contributed by atoms with Gasteiger partial charge in [-0.1, -0.05) is 0 Å². The van der Waals surface area contributed by atoms with Crippen molar-refractivity contribution in [3.8, 4) is 0 Å². The summed E-state index contributed by atoms with van der Waals surface area (Å²) in [5.74, 6) is 0.497. The summed E-state index contributed by atoms with van der Waals surface area (Å²) in [6.07, 6.45) is 3.34. The van der Waals surface area contributed by atoms with Gasteiger partial charge < -0.3 is 19.7 Å². The summed E-state index contributed by atoms with van der Waals surface area (Å²) in [6, 6.07) is 1.47. The maximum atomic E-state index is 12.2. The summed E-state index contributed by atoms with van der Waals surface area (Å²) in [4.78, 5) is 33.1. The number of aromatic nitrogens is 2. The second-order valence-corrected chi connectivity index (χ2v) is 6.29. The lowest BCUT2D eigenvalue weighted by atomic mass is 10.1. The fraction of sp³-hybridized carbons (Fsp3) is 0.688. The van der Waals surface area contributed by atoms with E-state index in [0.29, 0.717) is 31.4 Å². The van der Waals surface area contributed by atoms with Crippen LogP contribution in [0, 0.1) is 0 Å². The van der Waals surface area contributed by atoms with Crippen molar-refractivity contribution in [1.29, 1.82) is 0 Å². The number of H-pyrrole nitrogens is 1. The third-order valence-electron chi connectivity index (χ3n) is 4.38. The molecule has 2 fully saturated rings. The van der Waals surface area contributed by atoms with Crippen LogP contribution < -0.4 is 15.8 Å². The van der Waals surface area contributed by atoms with Crippen LogP contribution in [0.3, 0.4) is 0 Å². The number of hydrogen-bond acceptors (Lipinski definition) is 6. The fourth-order valence-electron chi connectivity index (χ4n) is 3.18. The van der Waals surface area contributed by atoms with Gasteiger partial charge in [0.25, 0.3) is 5.56 Å². The molecule has 0 aliphatic carbocycles. The van der Waals surface area contributed by atoms with E-state index in [4.69, 9.17) is 9.47 Å². The van der Waals surface area contributed by atoms with Crippen molar-refractivity contribution >= 4 is 11.9 Å². The number of aromatic amines is 1. The molecule has 2 aliphatic heterocycles. The largest absolute Gasteiger partial charge is 0.378 e. The van der Waals surface area contributed by atoms with E-state index in [9.17, 15) is 9.59 Å². The van der Waals surface area contributed by atoms with Crippen LogP contribution in [0.2, 0.25) is 0 Å². The van der Waals surface area contributed by atoms with Crippen molar-refractivity contribution in [3.63, 3.8) is 0 Å². The van der Waals surface area contributed by atoms with Crippen molar-refractivity contribution in [2.75, 3.05) is 31.7 Å². The molecule has 1 aromatic heterocycles. The van der Waals surface area contributed by atoms with Gasteiger partial charge >= 0.3 is 0 Å². The van der Waals surface area contributed by atoms with Crippen LogP contribution in [0.4, 0.5) is 5.95 Å². The van der Waals surface area contributed by atoms with E-state index in [1.54, 1.807) is 7.11 Å². The molecule has 2 aliphatic rings. The SMILES string of the molecule is COCc1cc(=O)[nH]c(N2CCC(NC(=O)C3CCCCO3)C2)n1. The molecule has 3 rings (SSSR count). The number of anilines is 1. The Labute approximate surface area is 140 Å². The molecule has 8 heteroatoms. The maximum Gasteiger partial charge on any atom is 0.252 e. The molecule has 2 unspecified atom stereocenters. The quantitative estimate of drug-likeness (QED) is 0.796. The maximum absolute atomic E-state index is 12.2. The van der Waals surface area contributed by atoms with Crippen molar-refractivity contribution in [3.05, 3.63) is 22.1 Å². The third kappa shape index (κ3) is 4.12. The van der Waals surface area contributed by atoms with Gasteiger partial charge in [-0.25, -0.2) is 4.98 Å². The topological polar surface area (TPSA) is 96.6 Å². The summed E-state index contributed by atoms with van der Waals surface area (Å²) >= 11 is 0. The minimum Gasteiger partial charge on any atom is -0.378 e. The number of nitrogens with one attached hydrogen (secondary N) is 2. The fourth-order valence-corrected chi connectivity index (χ4v) is 3.18. The molecule has 2 atom stereocenters. The van der Waals surface area contributed by atoms with Crippen molar-refractivity contribution < 1.29 is 14.3 Å². The highest BCUT2D eigenvalue weighted by molar-refractivity contribution is 5.81. The first-order valence-corrected chi connectivity index (χ1v) is 8.42. The van der Waals surface area contributed by atoms with Crippen molar-refractivity contribution in [2.45, 2.75) is 44.4 Å². The van der Waals surface area contributed by atoms with E-state index in [1.165, 1.54) is 6.07 Å². The lowest BCUT2D eigenvalue weighted by Crippen LogP contribution is -2.44. The normalized spacial score (nSPS) is 24.1. The summed E-state index contributed by atoms with van der Waals surface area (Å²) in [7, 11) is 1.57. The van der Waals surface area contributed by atoms with Crippen LogP contribution >= 0.6 is 0 Å². The molecule has 0 spiro atoms. The lowest BCUT2D eigenvalue weighted by Gasteiger charge is -2.24. The second kappa shape index (κ2) is 7.76. The minimum atomic E-state index is -0.323. The molecule has 0 bridgehead atoms. The Balaban J connectivity index is 1.59. The van der Waals surface area contributed by atoms with E-state index in [2.05, 4.69) is 15.3 Å². The molecule has 0 aromatic carbocycles. The van der Waals surface area contributed by atoms with E-state index < -0.39 is 0 Å². The molecular weight excluding hydrogens is 312 g/mol. The molecule has 2 N–H and O–H groups in total. The highest BCUT2D eigenvalue weighted by atomic mass is 16.5. The summed E-state index contributed by atoms with van der Waals surface area (Å²) in [5, 5.41) is 3.05. The van der Waals surface area contributed by atoms with Crippen LogP contribution in [0.25, 0.3) is 0 Å². The summed E-state index contributed by atoms with van der Waals surface area (Å²) in [5.41, 5.74) is 0.398. The van der Waals surface area contributed by atoms with E-state index in [0.717, 1.165) is 32.2 Å². The average Bonchev–Trinajstić information content (AvgIpc) is 3.04. The number of amides is 1. The third-order valence-corrected chi connectivity index (χ3v) is 4.38. The molecule has 1 amide bonds. The molecule has 0 radical (unpaired) electrons. The number of ether oxygens (including phenoxy) is 2. The number of nitrogens with zero attached hydrogens (tertiary/aromatic N) is 2. The smallest absolute Gasteiger partial charge is 0.252 e. The monoisotopic (exact) mass is 336 g/mol. The molecule has 2 saturated heterocycles. The molecule has 1 aromatic rings. The predicted molar refractivity (Wildman–Crippen MR) is 87.9 cm³/mol. The van der Waals surface area contributed by atoms with E-state index in [-0.39, 0.29) is 23.6 Å². The first-order valence-electron chi connectivity index (χ1n) is 8.42. The Bertz CT molecular complexity index is 627. The average molecular weight is 336 g/mol. The van der Waals surface area contributed by atoms with E-state index in [1.807, 2.05) is 4.90 Å². The number of carbonyl (C=O) groups is 1. The standard InChI is InChI=1S/C16H24N4O4/c1-23-10-12-8-14(21)19-16(18-12)20-6-5-11(9-20)17-15(22)13-4-2-3-7-24-13/h8,11,13H,2-7,9-10H2,1H3,(H,17,22)(H,18,19,21). The second-order valence-electron chi connectivity index (χ2n) is 6.29. The Kier molecular flexibility index (Phi) is 5.47. The molecule has 24 heavy (non-hydrogen) atoms. The van der Waals surface area contributed by atoms with Crippen LogP contribution in [0.1, 0.15) is 31.4 Å². The van der Waals surface area contributed by atoms with Gasteiger partial charge in [-0.3, -0.25) is 14.6 Å². The Hall–Kier alpha value is -1.93. The number of hydrogen-bond donors (Lipinski definition) is 2. The molecule has 8 nitrogen and oxygen atoms in total. The van der Waals surface area contributed by atoms with Crippen LogP contribution in [-0.2, 0) is 20.9 Å². The zero-order chi connectivity index (χ0) is 16.9. The summed E-state index contributed by atoms with van der Waals surface area (Å²) < 4.78 is 10.6. The highest BCUT2D eigenvalue weighted by Gasteiger charge is 2.29. The number of rotatable bonds is 5. The van der Waals surface area contributed by atoms with Crippen LogP contribution in [-0.4, -0.2) is 54.8 Å². The van der Waals surface area contributed by atoms with Gasteiger partial charge in [0.1, 0.15) is 6.10 Å². The van der Waals surface area contributed by atoms with Crippen molar-refractivity contribution in [2.24, 2.45) is 0 Å². The molecule has 132 valence electrons. The lowest BCUT2D eigenvalue weighted by molar-refractivity contribution is -0.136. The van der Waals surface area contributed by atoms with Gasteiger partial charge in [0.05, 0.1) is 12.3 Å². The van der Waals surface area contributed by atoms with Gasteiger partial charge in [-0.15, -0.1) is 0 Å². The first-order chi connectivity index (χ1) is 11.7. The van der Waals surface area contributed by atoms with Crippen LogP contribution in [0.15, 0.2) is 10.9 Å². The zero-order valence-electron chi connectivity index (χ0n) is 13.9. The van der Waals surface area contributed by atoms with Gasteiger partial charge in [0.15, 0.2) is 0 Å². The number of carbonyl (C=O) groups excluding carboxylic acids is 1. The minimum absolute atomic E-state index is 0.0314.